The van der Waals surface area contributed by atoms with E-state index in [1.54, 1.807) is 0 Å². The van der Waals surface area contributed by atoms with Crippen molar-refractivity contribution in [2.45, 2.75) is 69.3 Å². The van der Waals surface area contributed by atoms with E-state index in [4.69, 9.17) is 0 Å². The van der Waals surface area contributed by atoms with Gasteiger partial charge in [-0.05, 0) is 38.4 Å². The van der Waals surface area contributed by atoms with Gasteiger partial charge in [-0.3, -0.25) is 0 Å². The van der Waals surface area contributed by atoms with Crippen molar-refractivity contribution in [1.82, 2.24) is 5.32 Å². The van der Waals surface area contributed by atoms with Crippen molar-refractivity contribution in [1.29, 1.82) is 0 Å². The second kappa shape index (κ2) is 7.21. The third-order valence-electron chi connectivity index (χ3n) is 4.57. The Morgan fingerprint density at radius 1 is 1.16 bits per heavy atom. The fourth-order valence-electron chi connectivity index (χ4n) is 2.86. The molecule has 1 aliphatic carbocycles. The molecule has 0 aromatic rings. The van der Waals surface area contributed by atoms with Crippen LogP contribution in [0, 0.1) is 5.92 Å². The predicted octanol–water partition coefficient (Wildman–Crippen LogP) is 4.62. The van der Waals surface area contributed by atoms with Crippen molar-refractivity contribution in [2.75, 3.05) is 12.8 Å². The maximum atomic E-state index is 12.8. The summed E-state index contributed by atoms with van der Waals surface area (Å²) >= 11 is 1.83. The highest BCUT2D eigenvalue weighted by Gasteiger charge is 2.42. The van der Waals surface area contributed by atoms with Crippen LogP contribution in [0.1, 0.15) is 52.4 Å². The van der Waals surface area contributed by atoms with Gasteiger partial charge < -0.3 is 5.32 Å². The summed E-state index contributed by atoms with van der Waals surface area (Å²) in [6.07, 6.45) is 2.29. The standard InChI is InChI=1S/C14H26F3NS/c1-4-13(5-2,19-3)10-18-12-8-6-7-11(9-12)14(15,16)17/h11-12,18H,4-10H2,1-3H3. The van der Waals surface area contributed by atoms with Crippen molar-refractivity contribution < 1.29 is 13.2 Å². The largest absolute Gasteiger partial charge is 0.391 e. The highest BCUT2D eigenvalue weighted by Crippen LogP contribution is 2.38. The Hall–Kier alpha value is 0.100. The van der Waals surface area contributed by atoms with Crippen molar-refractivity contribution in [3.05, 3.63) is 0 Å². The highest BCUT2D eigenvalue weighted by atomic mass is 32.2. The molecule has 0 aromatic carbocycles. The fourth-order valence-corrected chi connectivity index (χ4v) is 3.67. The maximum Gasteiger partial charge on any atom is 0.391 e. The predicted molar refractivity (Wildman–Crippen MR) is 76.6 cm³/mol. The number of nitrogens with one attached hydrogen (secondary N) is 1. The normalized spacial score (nSPS) is 25.6. The van der Waals surface area contributed by atoms with Gasteiger partial charge in [0.25, 0.3) is 0 Å². The van der Waals surface area contributed by atoms with Crippen LogP contribution in [-0.2, 0) is 0 Å². The van der Waals surface area contributed by atoms with Gasteiger partial charge in [-0.2, -0.15) is 24.9 Å². The topological polar surface area (TPSA) is 12.0 Å². The lowest BCUT2D eigenvalue weighted by atomic mass is 9.85. The Bertz CT molecular complexity index is 256. The minimum atomic E-state index is -4.02. The number of alkyl halides is 3. The van der Waals surface area contributed by atoms with Crippen molar-refractivity contribution in [3.8, 4) is 0 Å². The molecule has 2 unspecified atom stereocenters. The molecule has 19 heavy (non-hydrogen) atoms. The van der Waals surface area contributed by atoms with Crippen LogP contribution < -0.4 is 5.32 Å². The minimum absolute atomic E-state index is 0.0324. The first-order chi connectivity index (χ1) is 8.87. The molecule has 0 aromatic heterocycles. The summed E-state index contributed by atoms with van der Waals surface area (Å²) in [6.45, 7) is 5.12. The zero-order valence-electron chi connectivity index (χ0n) is 12.1. The summed E-state index contributed by atoms with van der Waals surface area (Å²) in [6, 6.07) is 0.0324. The zero-order valence-corrected chi connectivity index (χ0v) is 13.0. The van der Waals surface area contributed by atoms with E-state index in [9.17, 15) is 13.2 Å². The summed E-state index contributed by atoms with van der Waals surface area (Å²) < 4.78 is 38.4. The van der Waals surface area contributed by atoms with Crippen LogP contribution >= 0.6 is 11.8 Å². The highest BCUT2D eigenvalue weighted by molar-refractivity contribution is 8.00. The molecule has 0 radical (unpaired) electrons. The molecule has 1 nitrogen and oxygen atoms in total. The molecular weight excluding hydrogens is 271 g/mol. The lowest BCUT2D eigenvalue weighted by molar-refractivity contribution is -0.183. The van der Waals surface area contributed by atoms with Crippen molar-refractivity contribution in [2.24, 2.45) is 5.92 Å². The van der Waals surface area contributed by atoms with Gasteiger partial charge in [0.15, 0.2) is 0 Å². The minimum Gasteiger partial charge on any atom is -0.313 e. The number of rotatable bonds is 6. The van der Waals surface area contributed by atoms with Gasteiger partial charge in [-0.25, -0.2) is 0 Å². The zero-order chi connectivity index (χ0) is 14.5. The summed E-state index contributed by atoms with van der Waals surface area (Å²) in [5.74, 6) is -1.11. The van der Waals surface area contributed by atoms with Crippen LogP contribution in [-0.4, -0.2) is 29.8 Å². The van der Waals surface area contributed by atoms with Crippen LogP contribution in [0.15, 0.2) is 0 Å². The molecule has 1 aliphatic rings. The van der Waals surface area contributed by atoms with Gasteiger partial charge in [0.05, 0.1) is 5.92 Å². The average molecular weight is 297 g/mol. The Morgan fingerprint density at radius 3 is 2.26 bits per heavy atom. The molecule has 0 aliphatic heterocycles. The van der Waals surface area contributed by atoms with Gasteiger partial charge in [-0.15, -0.1) is 0 Å². The molecule has 0 bridgehead atoms. The molecule has 2 atom stereocenters. The lowest BCUT2D eigenvalue weighted by Gasteiger charge is -2.35. The van der Waals surface area contributed by atoms with Gasteiger partial charge in [0.2, 0.25) is 0 Å². The third-order valence-corrected chi connectivity index (χ3v) is 6.16. The fraction of sp³-hybridized carbons (Fsp3) is 1.00. The number of halogens is 3. The second-order valence-electron chi connectivity index (χ2n) is 5.58. The Balaban J connectivity index is 2.49. The van der Waals surface area contributed by atoms with Crippen molar-refractivity contribution >= 4 is 11.8 Å². The first kappa shape index (κ1) is 17.2. The number of thioether (sulfide) groups is 1. The van der Waals surface area contributed by atoms with Crippen LogP contribution in [0.5, 0.6) is 0 Å². The molecule has 1 rings (SSSR count). The van der Waals surface area contributed by atoms with E-state index in [1.165, 1.54) is 0 Å². The molecule has 1 saturated carbocycles. The molecule has 5 heteroatoms. The van der Waals surface area contributed by atoms with Gasteiger partial charge in [0.1, 0.15) is 0 Å². The first-order valence-electron chi connectivity index (χ1n) is 7.22. The van der Waals surface area contributed by atoms with E-state index < -0.39 is 12.1 Å². The first-order valence-corrected chi connectivity index (χ1v) is 8.44. The van der Waals surface area contributed by atoms with Gasteiger partial charge in [-0.1, -0.05) is 20.3 Å². The smallest absolute Gasteiger partial charge is 0.313 e. The number of hydrogen-bond acceptors (Lipinski definition) is 2. The van der Waals surface area contributed by atoms with E-state index >= 15 is 0 Å². The van der Waals surface area contributed by atoms with Gasteiger partial charge in [0, 0.05) is 17.3 Å². The van der Waals surface area contributed by atoms with Gasteiger partial charge >= 0.3 is 6.18 Å². The Morgan fingerprint density at radius 2 is 1.79 bits per heavy atom. The van der Waals surface area contributed by atoms with Crippen molar-refractivity contribution in [3.63, 3.8) is 0 Å². The van der Waals surface area contributed by atoms with E-state index in [-0.39, 0.29) is 17.2 Å². The molecule has 1 N–H and O–H groups in total. The lowest BCUT2D eigenvalue weighted by Crippen LogP contribution is -2.45. The SMILES string of the molecule is CCC(CC)(CNC1CCCC(C(F)(F)F)C1)SC. The third kappa shape index (κ3) is 4.85. The summed E-state index contributed by atoms with van der Waals surface area (Å²) in [5, 5.41) is 3.40. The Kier molecular flexibility index (Phi) is 6.51. The summed E-state index contributed by atoms with van der Waals surface area (Å²) in [4.78, 5) is 0. The van der Waals surface area contributed by atoms with E-state index in [1.807, 2.05) is 11.8 Å². The second-order valence-corrected chi connectivity index (χ2v) is 6.85. The van der Waals surface area contributed by atoms with Crippen LogP contribution in [0.25, 0.3) is 0 Å². The summed E-state index contributed by atoms with van der Waals surface area (Å²) in [7, 11) is 0. The molecule has 0 amide bonds. The summed E-state index contributed by atoms with van der Waals surface area (Å²) in [5.41, 5.74) is 0. The molecule has 0 saturated heterocycles. The Labute approximate surface area is 119 Å². The molecule has 1 fully saturated rings. The van der Waals surface area contributed by atoms with E-state index in [2.05, 4.69) is 25.4 Å². The molecule has 0 spiro atoms. The maximum absolute atomic E-state index is 12.8. The molecule has 114 valence electrons. The quantitative estimate of drug-likeness (QED) is 0.768. The van der Waals surface area contributed by atoms with E-state index in [0.29, 0.717) is 12.8 Å². The van der Waals surface area contributed by atoms with Crippen LogP contribution in [0.2, 0.25) is 0 Å². The molecular formula is C14H26F3NS. The van der Waals surface area contributed by atoms with Crippen LogP contribution in [0.4, 0.5) is 13.2 Å². The number of hydrogen-bond donors (Lipinski definition) is 1. The molecule has 0 heterocycles. The average Bonchev–Trinajstić information content (AvgIpc) is 2.40. The van der Waals surface area contributed by atoms with Crippen LogP contribution in [0.3, 0.4) is 0 Å². The monoisotopic (exact) mass is 297 g/mol. The van der Waals surface area contributed by atoms with E-state index in [0.717, 1.165) is 25.8 Å².